The number of likely N-dealkylation sites (N-methyl/N-ethyl adjacent to an activating group) is 1. The van der Waals surface area contributed by atoms with Crippen molar-refractivity contribution in [2.75, 3.05) is 25.0 Å². The summed E-state index contributed by atoms with van der Waals surface area (Å²) in [5, 5.41) is 0.480. The molecule has 0 heterocycles. The van der Waals surface area contributed by atoms with Crippen LogP contribution in [0.5, 0.6) is 5.75 Å². The number of aryl methyl sites for hydroxylation is 1. The van der Waals surface area contributed by atoms with Gasteiger partial charge in [-0.3, -0.25) is 9.10 Å². The number of hydrogen-bond acceptors (Lipinski definition) is 4. The summed E-state index contributed by atoms with van der Waals surface area (Å²) in [5.41, 5.74) is 2.05. The molecule has 0 fully saturated rings. The first kappa shape index (κ1) is 24.9. The van der Waals surface area contributed by atoms with Gasteiger partial charge in [-0.1, -0.05) is 53.0 Å². The van der Waals surface area contributed by atoms with Crippen molar-refractivity contribution < 1.29 is 17.9 Å². The van der Waals surface area contributed by atoms with Crippen molar-refractivity contribution in [2.45, 2.75) is 18.4 Å². The molecule has 0 spiro atoms. The Bertz CT molecular complexity index is 1230. The normalized spacial score (nSPS) is 11.2. The van der Waals surface area contributed by atoms with Gasteiger partial charge in [0.25, 0.3) is 10.0 Å². The fourth-order valence-electron chi connectivity index (χ4n) is 3.13. The predicted octanol–water partition coefficient (Wildman–Crippen LogP) is 5.16. The van der Waals surface area contributed by atoms with Gasteiger partial charge in [0.1, 0.15) is 12.3 Å². The molecule has 0 aromatic heterocycles. The zero-order valence-corrected chi connectivity index (χ0v) is 20.8. The van der Waals surface area contributed by atoms with E-state index in [1.165, 1.54) is 35.2 Å². The molecule has 3 aromatic rings. The molecular weight excluding hydrogens is 483 g/mol. The first-order valence-corrected chi connectivity index (χ1v) is 12.2. The van der Waals surface area contributed by atoms with Gasteiger partial charge in [-0.25, -0.2) is 8.42 Å². The number of amides is 1. The van der Waals surface area contributed by atoms with E-state index in [1.54, 1.807) is 38.4 Å². The molecule has 3 rings (SSSR count). The Balaban J connectivity index is 1.90. The lowest BCUT2D eigenvalue weighted by molar-refractivity contribution is -0.128. The topological polar surface area (TPSA) is 66.9 Å². The van der Waals surface area contributed by atoms with Crippen LogP contribution in [-0.4, -0.2) is 39.9 Å². The largest absolute Gasteiger partial charge is 0.497 e. The summed E-state index contributed by atoms with van der Waals surface area (Å²) in [5.74, 6) is 0.329. The van der Waals surface area contributed by atoms with Crippen LogP contribution in [0.1, 0.15) is 11.1 Å². The minimum atomic E-state index is -4.04. The second-order valence-electron chi connectivity index (χ2n) is 7.52. The van der Waals surface area contributed by atoms with E-state index in [2.05, 4.69) is 0 Å². The van der Waals surface area contributed by atoms with Gasteiger partial charge in [0, 0.05) is 13.6 Å². The monoisotopic (exact) mass is 506 g/mol. The molecule has 0 aliphatic carbocycles. The second-order valence-corrected chi connectivity index (χ2v) is 10.2. The van der Waals surface area contributed by atoms with Gasteiger partial charge in [0.15, 0.2) is 0 Å². The van der Waals surface area contributed by atoms with Crippen LogP contribution in [0.25, 0.3) is 0 Å². The van der Waals surface area contributed by atoms with Crippen LogP contribution in [0, 0.1) is 6.92 Å². The van der Waals surface area contributed by atoms with Crippen LogP contribution in [0.4, 0.5) is 5.69 Å². The van der Waals surface area contributed by atoms with Gasteiger partial charge < -0.3 is 9.64 Å². The SMILES string of the molecule is COc1ccc(CN(C)C(=O)CN(c2ccc(Cl)c(Cl)c2)S(=O)(=O)c2ccc(C)cc2)cc1. The van der Waals surface area contributed by atoms with Gasteiger partial charge in [0.2, 0.25) is 5.91 Å². The summed E-state index contributed by atoms with van der Waals surface area (Å²) >= 11 is 12.2. The highest BCUT2D eigenvalue weighted by Crippen LogP contribution is 2.30. The van der Waals surface area contributed by atoms with E-state index in [9.17, 15) is 13.2 Å². The molecule has 33 heavy (non-hydrogen) atoms. The third-order valence-corrected chi connectivity index (χ3v) is 7.61. The summed E-state index contributed by atoms with van der Waals surface area (Å²) in [6.07, 6.45) is 0. The summed E-state index contributed by atoms with van der Waals surface area (Å²) in [6.45, 7) is 1.77. The highest BCUT2D eigenvalue weighted by atomic mass is 35.5. The zero-order chi connectivity index (χ0) is 24.2. The molecule has 9 heteroatoms. The molecule has 0 aliphatic heterocycles. The van der Waals surface area contributed by atoms with E-state index < -0.39 is 16.6 Å². The fraction of sp³-hybridized carbons (Fsp3) is 0.208. The van der Waals surface area contributed by atoms with Crippen molar-refractivity contribution >= 4 is 44.8 Å². The smallest absolute Gasteiger partial charge is 0.264 e. The van der Waals surface area contributed by atoms with Crippen LogP contribution in [0.3, 0.4) is 0 Å². The van der Waals surface area contributed by atoms with Crippen molar-refractivity contribution in [3.63, 3.8) is 0 Å². The number of methoxy groups -OCH3 is 1. The lowest BCUT2D eigenvalue weighted by Gasteiger charge is -2.27. The summed E-state index contributed by atoms with van der Waals surface area (Å²) in [4.78, 5) is 14.6. The van der Waals surface area contributed by atoms with E-state index in [4.69, 9.17) is 27.9 Å². The number of carbonyl (C=O) groups is 1. The Morgan fingerprint density at radius 1 is 0.939 bits per heavy atom. The fourth-order valence-corrected chi connectivity index (χ4v) is 4.83. The van der Waals surface area contributed by atoms with E-state index >= 15 is 0 Å². The van der Waals surface area contributed by atoms with E-state index in [1.807, 2.05) is 19.1 Å². The van der Waals surface area contributed by atoms with Gasteiger partial charge >= 0.3 is 0 Å². The van der Waals surface area contributed by atoms with Gasteiger partial charge in [0.05, 0.1) is 27.7 Å². The predicted molar refractivity (Wildman–Crippen MR) is 132 cm³/mol. The number of nitrogens with zero attached hydrogens (tertiary/aromatic N) is 2. The number of rotatable bonds is 8. The maximum atomic E-state index is 13.5. The molecule has 3 aromatic carbocycles. The van der Waals surface area contributed by atoms with Crippen LogP contribution in [-0.2, 0) is 21.4 Å². The molecule has 0 saturated heterocycles. The van der Waals surface area contributed by atoms with Crippen LogP contribution in [0.15, 0.2) is 71.6 Å². The minimum Gasteiger partial charge on any atom is -0.497 e. The van der Waals surface area contributed by atoms with E-state index in [0.29, 0.717) is 12.3 Å². The molecule has 1 amide bonds. The average molecular weight is 507 g/mol. The summed E-state index contributed by atoms with van der Waals surface area (Å²) in [7, 11) is -0.840. The molecule has 0 unspecified atom stereocenters. The molecule has 0 radical (unpaired) electrons. The molecule has 0 bridgehead atoms. The van der Waals surface area contributed by atoms with Crippen molar-refractivity contribution in [1.82, 2.24) is 4.90 Å². The Labute approximate surface area is 204 Å². The molecule has 174 valence electrons. The number of halogens is 2. The van der Waals surface area contributed by atoms with Gasteiger partial charge in [-0.15, -0.1) is 0 Å². The van der Waals surface area contributed by atoms with Gasteiger partial charge in [-0.2, -0.15) is 0 Å². The Kier molecular flexibility index (Phi) is 7.89. The Morgan fingerprint density at radius 2 is 1.58 bits per heavy atom. The second kappa shape index (κ2) is 10.5. The van der Waals surface area contributed by atoms with Crippen LogP contribution >= 0.6 is 23.2 Å². The number of carbonyl (C=O) groups excluding carboxylic acids is 1. The van der Waals surface area contributed by atoms with Crippen molar-refractivity contribution in [2.24, 2.45) is 0 Å². The Morgan fingerprint density at radius 3 is 2.15 bits per heavy atom. The quantitative estimate of drug-likeness (QED) is 0.422. The maximum absolute atomic E-state index is 13.5. The number of sulfonamides is 1. The van der Waals surface area contributed by atoms with Crippen molar-refractivity contribution in [3.8, 4) is 5.75 Å². The standard InChI is InChI=1S/C24H24Cl2N2O4S/c1-17-4-11-21(12-5-17)33(30,31)28(19-8-13-22(25)23(26)14-19)16-24(29)27(2)15-18-6-9-20(32-3)10-7-18/h4-14H,15-16H2,1-3H3. The molecule has 6 nitrogen and oxygen atoms in total. The molecule has 0 aliphatic rings. The highest BCUT2D eigenvalue weighted by molar-refractivity contribution is 7.92. The average Bonchev–Trinajstić information content (AvgIpc) is 2.80. The van der Waals surface area contributed by atoms with Gasteiger partial charge in [-0.05, 0) is 55.0 Å². The molecule has 0 N–H and O–H groups in total. The van der Waals surface area contributed by atoms with Crippen molar-refractivity contribution in [1.29, 1.82) is 0 Å². The maximum Gasteiger partial charge on any atom is 0.264 e. The molecule has 0 saturated carbocycles. The minimum absolute atomic E-state index is 0.0739. The third kappa shape index (κ3) is 5.99. The van der Waals surface area contributed by atoms with Crippen molar-refractivity contribution in [3.05, 3.63) is 87.9 Å². The molecule has 0 atom stereocenters. The lowest BCUT2D eigenvalue weighted by atomic mass is 10.2. The van der Waals surface area contributed by atoms with E-state index in [-0.39, 0.29) is 26.5 Å². The summed E-state index contributed by atoms with van der Waals surface area (Å²) < 4.78 is 33.2. The number of ether oxygens (including phenoxy) is 1. The number of anilines is 1. The zero-order valence-electron chi connectivity index (χ0n) is 18.5. The highest BCUT2D eigenvalue weighted by Gasteiger charge is 2.28. The van der Waals surface area contributed by atoms with Crippen LogP contribution in [0.2, 0.25) is 10.0 Å². The summed E-state index contributed by atoms with van der Waals surface area (Å²) in [6, 6.07) is 18.2. The van der Waals surface area contributed by atoms with E-state index in [0.717, 1.165) is 15.4 Å². The Hall–Kier alpha value is -2.74. The first-order valence-electron chi connectivity index (χ1n) is 10.0. The molecular formula is C24H24Cl2N2O4S. The number of benzene rings is 3. The lowest BCUT2D eigenvalue weighted by Crippen LogP contribution is -2.41. The van der Waals surface area contributed by atoms with Crippen LogP contribution < -0.4 is 9.04 Å². The first-order chi connectivity index (χ1) is 15.6. The third-order valence-electron chi connectivity index (χ3n) is 5.08. The number of hydrogen-bond donors (Lipinski definition) is 0.